The maximum Gasteiger partial charge on any atom is 0.115 e. The third kappa shape index (κ3) is 57.7. The van der Waals surface area contributed by atoms with Crippen molar-refractivity contribution in [1.82, 2.24) is 75.2 Å². The highest BCUT2D eigenvalue weighted by Gasteiger charge is 1.65. The number of nitrogens with zero attached hydrogens (tertiary/aromatic N) is 14. The summed E-state index contributed by atoms with van der Waals surface area (Å²) in [6, 6.07) is 57.3. The zero-order chi connectivity index (χ0) is 53.0. The van der Waals surface area contributed by atoms with Crippen LogP contribution in [0.3, 0.4) is 0 Å². The predicted molar refractivity (Wildman–Crippen MR) is 297 cm³/mol. The van der Waals surface area contributed by atoms with Gasteiger partial charge in [-0.1, -0.05) is 72.8 Å². The van der Waals surface area contributed by atoms with Gasteiger partial charge in [-0.05, 0) is 120 Å². The molecule has 0 aliphatic carbocycles. The van der Waals surface area contributed by atoms with Crippen LogP contribution in [0, 0.1) is 0 Å². The minimum atomic E-state index is 1.50. The lowest BCUT2D eigenvalue weighted by Gasteiger charge is -1.70. The van der Waals surface area contributed by atoms with Crippen LogP contribution in [0.15, 0.2) is 359 Å². The summed E-state index contributed by atoms with van der Waals surface area (Å²) in [7, 11) is 0. The molecule has 12 aromatic heterocycles. The molecule has 0 aliphatic rings. The van der Waals surface area contributed by atoms with E-state index < -0.39 is 0 Å². The van der Waals surface area contributed by atoms with Crippen LogP contribution in [-0.2, 0) is 0 Å². The molecule has 75 heavy (non-hydrogen) atoms. The van der Waals surface area contributed by atoms with Crippen molar-refractivity contribution in [3.8, 4) is 0 Å². The van der Waals surface area contributed by atoms with Crippen LogP contribution in [0.25, 0.3) is 0 Å². The van der Waals surface area contributed by atoms with Gasteiger partial charge in [0.1, 0.15) is 12.7 Å². The fourth-order valence-corrected chi connectivity index (χ4v) is 4.09. The molecular formula is C58H59N15OS. The minimum absolute atomic E-state index is 1.50. The van der Waals surface area contributed by atoms with Crippen LogP contribution < -0.4 is 0 Å². The molecule has 16 nitrogen and oxygen atoms in total. The number of aromatic nitrogens is 15. The van der Waals surface area contributed by atoms with Gasteiger partial charge in [-0.15, -0.1) is 0 Å². The second kappa shape index (κ2) is 59.6. The number of pyridine rings is 4. The monoisotopic (exact) mass is 1010 g/mol. The van der Waals surface area contributed by atoms with Gasteiger partial charge < -0.3 is 9.40 Å². The first-order chi connectivity index (χ1) is 37.5. The molecule has 17 heteroatoms. The number of furan rings is 1. The number of rotatable bonds is 0. The quantitative estimate of drug-likeness (QED) is 0.150. The van der Waals surface area contributed by atoms with Crippen molar-refractivity contribution in [3.63, 3.8) is 0 Å². The van der Waals surface area contributed by atoms with Gasteiger partial charge in [0, 0.05) is 136 Å². The number of thiophene rings is 1. The van der Waals surface area contributed by atoms with Crippen LogP contribution >= 0.6 is 11.3 Å². The first kappa shape index (κ1) is 62.5. The second-order valence-electron chi connectivity index (χ2n) is 12.3. The number of H-pyrrole nitrogens is 1. The number of hydrogen-bond donors (Lipinski definition) is 1. The Labute approximate surface area is 443 Å². The molecule has 0 amide bonds. The lowest BCUT2D eigenvalue weighted by Crippen LogP contribution is -1.69. The van der Waals surface area contributed by atoms with E-state index in [0.717, 1.165) is 0 Å². The molecule has 0 bridgehead atoms. The number of nitrogens with one attached hydrogen (secondary N) is 1. The molecule has 0 atom stereocenters. The van der Waals surface area contributed by atoms with E-state index >= 15 is 0 Å². The summed E-state index contributed by atoms with van der Waals surface area (Å²) in [5.41, 5.74) is 0. The maximum atomic E-state index is 4.58. The molecular weight excluding hydrogens is 955 g/mol. The third-order valence-electron chi connectivity index (χ3n) is 6.68. The van der Waals surface area contributed by atoms with Gasteiger partial charge >= 0.3 is 0 Å². The third-order valence-corrected chi connectivity index (χ3v) is 7.31. The molecule has 12 heterocycles. The predicted octanol–water partition coefficient (Wildman–Crippen LogP) is 12.4. The van der Waals surface area contributed by atoms with Crippen LogP contribution in [0.4, 0.5) is 0 Å². The molecule has 13 rings (SSSR count). The molecule has 0 aliphatic heterocycles. The Morgan fingerprint density at radius 2 is 0.467 bits per heavy atom. The van der Waals surface area contributed by atoms with Crippen molar-refractivity contribution in [3.05, 3.63) is 354 Å². The smallest absolute Gasteiger partial charge is 0.115 e. The van der Waals surface area contributed by atoms with Crippen molar-refractivity contribution in [2.45, 2.75) is 0 Å². The van der Waals surface area contributed by atoms with Gasteiger partial charge in [0.15, 0.2) is 0 Å². The number of aromatic amines is 1. The summed E-state index contributed by atoms with van der Waals surface area (Å²) in [6.45, 7) is 0. The molecule has 0 saturated heterocycles. The lowest BCUT2D eigenvalue weighted by atomic mass is 10.4. The fourth-order valence-electron chi connectivity index (χ4n) is 3.63. The van der Waals surface area contributed by atoms with Crippen LogP contribution in [0.2, 0.25) is 0 Å². The highest BCUT2D eigenvalue weighted by atomic mass is 32.1. The molecule has 1 aromatic carbocycles. The van der Waals surface area contributed by atoms with E-state index in [-0.39, 0.29) is 0 Å². The zero-order valence-corrected chi connectivity index (χ0v) is 41.9. The van der Waals surface area contributed by atoms with Crippen molar-refractivity contribution < 1.29 is 4.42 Å². The summed E-state index contributed by atoms with van der Waals surface area (Å²) < 4.78 is 4.58. The van der Waals surface area contributed by atoms with E-state index in [1.54, 1.807) is 160 Å². The van der Waals surface area contributed by atoms with E-state index in [1.807, 2.05) is 193 Å². The van der Waals surface area contributed by atoms with Gasteiger partial charge in [-0.25, -0.2) is 19.9 Å². The number of benzene rings is 1. The topological polar surface area (TPSA) is 209 Å². The van der Waals surface area contributed by atoms with Crippen LogP contribution in [0.1, 0.15) is 0 Å². The van der Waals surface area contributed by atoms with Crippen LogP contribution in [-0.4, -0.2) is 75.2 Å². The van der Waals surface area contributed by atoms with Crippen molar-refractivity contribution in [2.75, 3.05) is 0 Å². The number of hydrogen-bond acceptors (Lipinski definition) is 16. The Morgan fingerprint density at radius 1 is 0.213 bits per heavy atom. The van der Waals surface area contributed by atoms with Gasteiger partial charge in [-0.2, -0.15) is 31.7 Å². The van der Waals surface area contributed by atoms with E-state index in [2.05, 4.69) is 79.6 Å². The SMILES string of the molecule is c1cc[nH]c1.c1ccccc1.c1ccncc1.c1ccncc1.c1ccncc1.c1ccncc1.c1ccnnc1.c1ccnnc1.c1ccoc1.c1ccsc1.c1cnccn1.c1cncnc1.c1cncnc1. The van der Waals surface area contributed by atoms with Crippen molar-refractivity contribution in [1.29, 1.82) is 0 Å². The van der Waals surface area contributed by atoms with Gasteiger partial charge in [0.05, 0.1) is 12.5 Å². The van der Waals surface area contributed by atoms with E-state index in [1.165, 1.54) is 12.7 Å². The van der Waals surface area contributed by atoms with Gasteiger partial charge in [-0.3, -0.25) is 29.9 Å². The van der Waals surface area contributed by atoms with Crippen LogP contribution in [0.5, 0.6) is 0 Å². The summed E-state index contributed by atoms with van der Waals surface area (Å²) in [5.74, 6) is 0. The molecule has 0 spiro atoms. The molecule has 378 valence electrons. The van der Waals surface area contributed by atoms with Crippen molar-refractivity contribution >= 4 is 11.3 Å². The molecule has 13 aromatic rings. The molecule has 0 fully saturated rings. The Balaban J connectivity index is 0.000000406. The highest BCUT2D eigenvalue weighted by molar-refractivity contribution is 7.07. The Morgan fingerprint density at radius 3 is 0.573 bits per heavy atom. The Hall–Kier alpha value is -10.5. The zero-order valence-electron chi connectivity index (χ0n) is 41.1. The summed E-state index contributed by atoms with van der Waals surface area (Å²) in [5, 5.41) is 18.2. The maximum absolute atomic E-state index is 4.58. The van der Waals surface area contributed by atoms with E-state index in [9.17, 15) is 0 Å². The van der Waals surface area contributed by atoms with E-state index in [0.29, 0.717) is 0 Å². The Bertz CT molecular complexity index is 1830. The average molecular weight is 1010 g/mol. The summed E-state index contributed by atoms with van der Waals surface area (Å²) >= 11 is 1.71. The normalized spacial score (nSPS) is 8.00. The van der Waals surface area contributed by atoms with E-state index in [4.69, 9.17) is 0 Å². The second-order valence-corrected chi connectivity index (χ2v) is 13.1. The molecule has 0 unspecified atom stereocenters. The van der Waals surface area contributed by atoms with Crippen molar-refractivity contribution in [2.24, 2.45) is 0 Å². The van der Waals surface area contributed by atoms with Gasteiger partial charge in [0.25, 0.3) is 0 Å². The first-order valence-corrected chi connectivity index (χ1v) is 23.4. The largest absolute Gasteiger partial charge is 0.473 e. The fraction of sp³-hybridized carbons (Fsp3) is 0. The molecule has 0 radical (unpaired) electrons. The van der Waals surface area contributed by atoms with Gasteiger partial charge in [0.2, 0.25) is 0 Å². The summed E-state index contributed by atoms with van der Waals surface area (Å²) in [6.07, 6.45) is 43.9. The highest BCUT2D eigenvalue weighted by Crippen LogP contribution is 1.91. The summed E-state index contributed by atoms with van der Waals surface area (Å²) in [4.78, 5) is 40.1. The lowest BCUT2D eigenvalue weighted by molar-refractivity contribution is 0.567. The molecule has 1 N–H and O–H groups in total. The minimum Gasteiger partial charge on any atom is -0.473 e. The standard InChI is InChI=1S/C6H6.4C5H5N.5C4H4N2.C4H5N.C4H4O.C4H4S/c5*1-2-4-6-5-3-1;1-2-6-4-3-5-1;2*1-2-5-4-6-3-1;2*1-2-4-6-5-3-1;3*1-2-4-5-3-1/h1-6H;4*1-5H;5*1-4H;1-5H;2*1-4H. The average Bonchev–Trinajstić information content (AvgIpc) is 4.44. The first-order valence-electron chi connectivity index (χ1n) is 22.5. The molecule has 0 saturated carbocycles. The Kier molecular flexibility index (Phi) is 49.7.